The van der Waals surface area contributed by atoms with Gasteiger partial charge in [-0.1, -0.05) is 0 Å². The first-order chi connectivity index (χ1) is 9.74. The minimum absolute atomic E-state index is 0.195. The summed E-state index contributed by atoms with van der Waals surface area (Å²) >= 11 is 0. The van der Waals surface area contributed by atoms with E-state index in [4.69, 9.17) is 14.9 Å². The Morgan fingerprint density at radius 3 is 2.24 bits per heavy atom. The summed E-state index contributed by atoms with van der Waals surface area (Å²) in [5.41, 5.74) is -0.364. The highest BCUT2D eigenvalue weighted by Gasteiger charge is 2.30. The zero-order chi connectivity index (χ0) is 16.0. The lowest BCUT2D eigenvalue weighted by molar-refractivity contribution is -0.137. The normalized spacial score (nSPS) is 10.5. The van der Waals surface area contributed by atoms with Gasteiger partial charge in [0.05, 0.1) is 24.6 Å². The SMILES string of the molecule is COc1ccc(O)c(C)n1.Oc1cncc(C(F)(F)F)c1. The number of aryl methyl sites for hydroxylation is 1. The van der Waals surface area contributed by atoms with Gasteiger partial charge in [0.1, 0.15) is 11.5 Å². The Kier molecular flexibility index (Phi) is 5.34. The zero-order valence-electron chi connectivity index (χ0n) is 11.2. The Morgan fingerprint density at radius 1 is 1.14 bits per heavy atom. The first-order valence-electron chi connectivity index (χ1n) is 5.66. The van der Waals surface area contributed by atoms with Gasteiger partial charge in [0.25, 0.3) is 0 Å². The van der Waals surface area contributed by atoms with Crippen molar-refractivity contribution in [3.05, 3.63) is 41.9 Å². The second-order valence-corrected chi connectivity index (χ2v) is 3.89. The van der Waals surface area contributed by atoms with Crippen molar-refractivity contribution in [2.24, 2.45) is 0 Å². The molecule has 2 aromatic rings. The summed E-state index contributed by atoms with van der Waals surface area (Å²) in [7, 11) is 1.54. The summed E-state index contributed by atoms with van der Waals surface area (Å²) in [6, 6.07) is 3.79. The van der Waals surface area contributed by atoms with E-state index in [2.05, 4.69) is 9.97 Å². The Balaban J connectivity index is 0.000000211. The Labute approximate surface area is 118 Å². The molecule has 0 saturated carbocycles. The quantitative estimate of drug-likeness (QED) is 0.847. The number of hydrogen-bond acceptors (Lipinski definition) is 5. The molecular weight excluding hydrogens is 289 g/mol. The fraction of sp³-hybridized carbons (Fsp3) is 0.231. The van der Waals surface area contributed by atoms with Crippen LogP contribution in [0, 0.1) is 6.92 Å². The first-order valence-corrected chi connectivity index (χ1v) is 5.66. The van der Waals surface area contributed by atoms with E-state index < -0.39 is 17.5 Å². The fourth-order valence-corrected chi connectivity index (χ4v) is 1.23. The van der Waals surface area contributed by atoms with Gasteiger partial charge in [0, 0.05) is 12.3 Å². The van der Waals surface area contributed by atoms with Crippen molar-refractivity contribution in [3.8, 4) is 17.4 Å². The third-order valence-electron chi connectivity index (χ3n) is 2.29. The van der Waals surface area contributed by atoms with Gasteiger partial charge in [0.15, 0.2) is 0 Å². The second-order valence-electron chi connectivity index (χ2n) is 3.89. The van der Waals surface area contributed by atoms with Crippen molar-refractivity contribution in [3.63, 3.8) is 0 Å². The molecule has 0 amide bonds. The Hall–Kier alpha value is -2.51. The lowest BCUT2D eigenvalue weighted by Crippen LogP contribution is -2.04. The topological polar surface area (TPSA) is 75.5 Å². The molecular formula is C13H13F3N2O3. The van der Waals surface area contributed by atoms with Crippen LogP contribution in [0.3, 0.4) is 0 Å². The molecule has 0 bridgehead atoms. The molecule has 21 heavy (non-hydrogen) atoms. The number of rotatable bonds is 1. The van der Waals surface area contributed by atoms with E-state index in [1.165, 1.54) is 0 Å². The van der Waals surface area contributed by atoms with Gasteiger partial charge in [-0.05, 0) is 19.1 Å². The smallest absolute Gasteiger partial charge is 0.418 e. The lowest BCUT2D eigenvalue weighted by Gasteiger charge is -2.04. The van der Waals surface area contributed by atoms with E-state index in [1.807, 2.05) is 0 Å². The summed E-state index contributed by atoms with van der Waals surface area (Å²) in [4.78, 5) is 7.10. The Morgan fingerprint density at radius 2 is 1.81 bits per heavy atom. The highest BCUT2D eigenvalue weighted by Crippen LogP contribution is 2.29. The molecule has 8 heteroatoms. The van der Waals surface area contributed by atoms with Crippen LogP contribution in [0.25, 0.3) is 0 Å². The number of aromatic hydroxyl groups is 2. The van der Waals surface area contributed by atoms with Gasteiger partial charge < -0.3 is 14.9 Å². The molecule has 2 rings (SSSR count). The number of hydrogen-bond donors (Lipinski definition) is 2. The summed E-state index contributed by atoms with van der Waals surface area (Å²) in [5, 5.41) is 17.6. The lowest BCUT2D eigenvalue weighted by atomic mass is 10.3. The van der Waals surface area contributed by atoms with Crippen molar-refractivity contribution in [2.45, 2.75) is 13.1 Å². The average Bonchev–Trinajstić information content (AvgIpc) is 2.42. The van der Waals surface area contributed by atoms with Crippen LogP contribution in [0.4, 0.5) is 13.2 Å². The molecule has 2 aromatic heterocycles. The molecule has 0 aliphatic carbocycles. The molecule has 114 valence electrons. The molecule has 0 atom stereocenters. The van der Waals surface area contributed by atoms with Gasteiger partial charge in [-0.15, -0.1) is 0 Å². The minimum Gasteiger partial charge on any atom is -0.506 e. The monoisotopic (exact) mass is 302 g/mol. The van der Waals surface area contributed by atoms with Crippen LogP contribution >= 0.6 is 0 Å². The number of nitrogens with zero attached hydrogens (tertiary/aromatic N) is 2. The molecule has 0 saturated heterocycles. The average molecular weight is 302 g/mol. The van der Waals surface area contributed by atoms with Crippen LogP contribution in [0.1, 0.15) is 11.3 Å². The van der Waals surface area contributed by atoms with Crippen molar-refractivity contribution >= 4 is 0 Å². The van der Waals surface area contributed by atoms with E-state index in [0.717, 1.165) is 6.20 Å². The van der Waals surface area contributed by atoms with Gasteiger partial charge in [0.2, 0.25) is 5.88 Å². The molecule has 2 heterocycles. The minimum atomic E-state index is -4.44. The number of pyridine rings is 2. The van der Waals surface area contributed by atoms with Crippen LogP contribution in [0.5, 0.6) is 17.4 Å². The number of halogens is 3. The summed E-state index contributed by atoms with van der Waals surface area (Å²) in [5.74, 6) is 0.232. The molecule has 0 fully saturated rings. The van der Waals surface area contributed by atoms with Crippen LogP contribution in [0.2, 0.25) is 0 Å². The summed E-state index contributed by atoms with van der Waals surface area (Å²) < 4.78 is 40.3. The van der Waals surface area contributed by atoms with Crippen LogP contribution in [-0.2, 0) is 6.18 Å². The molecule has 0 spiro atoms. The van der Waals surface area contributed by atoms with Crippen LogP contribution in [-0.4, -0.2) is 27.3 Å². The van der Waals surface area contributed by atoms with Crippen molar-refractivity contribution in [1.29, 1.82) is 0 Å². The van der Waals surface area contributed by atoms with Gasteiger partial charge in [-0.2, -0.15) is 13.2 Å². The molecule has 0 aliphatic heterocycles. The predicted molar refractivity (Wildman–Crippen MR) is 68.1 cm³/mol. The number of methoxy groups -OCH3 is 1. The molecule has 0 unspecified atom stereocenters. The van der Waals surface area contributed by atoms with Crippen molar-refractivity contribution in [2.75, 3.05) is 7.11 Å². The summed E-state index contributed by atoms with van der Waals surface area (Å²) in [6.07, 6.45) is -2.85. The summed E-state index contributed by atoms with van der Waals surface area (Å²) in [6.45, 7) is 1.72. The van der Waals surface area contributed by atoms with E-state index in [9.17, 15) is 13.2 Å². The van der Waals surface area contributed by atoms with Gasteiger partial charge in [-0.25, -0.2) is 4.98 Å². The third-order valence-corrected chi connectivity index (χ3v) is 2.29. The van der Waals surface area contributed by atoms with Crippen LogP contribution < -0.4 is 4.74 Å². The van der Waals surface area contributed by atoms with Gasteiger partial charge >= 0.3 is 6.18 Å². The first kappa shape index (κ1) is 16.5. The number of aromatic nitrogens is 2. The van der Waals surface area contributed by atoms with Crippen molar-refractivity contribution in [1.82, 2.24) is 9.97 Å². The third kappa shape index (κ3) is 5.17. The molecule has 2 N–H and O–H groups in total. The highest BCUT2D eigenvalue weighted by molar-refractivity contribution is 5.28. The highest BCUT2D eigenvalue weighted by atomic mass is 19.4. The van der Waals surface area contributed by atoms with Crippen LogP contribution in [0.15, 0.2) is 30.6 Å². The fourth-order valence-electron chi connectivity index (χ4n) is 1.23. The number of ether oxygens (including phenoxy) is 1. The maximum absolute atomic E-state index is 11.8. The van der Waals surface area contributed by atoms with Gasteiger partial charge in [-0.3, -0.25) is 4.98 Å². The van der Waals surface area contributed by atoms with E-state index in [1.54, 1.807) is 26.2 Å². The standard InChI is InChI=1S/C7H9NO2.C6H4F3NO/c1-5-6(9)3-4-7(8-5)10-2;7-6(8,9)4-1-5(11)3-10-2-4/h3-4,9H,1-2H3;1-3,11H. The molecule has 5 nitrogen and oxygen atoms in total. The number of alkyl halides is 3. The van der Waals surface area contributed by atoms with Crippen molar-refractivity contribution < 1.29 is 28.1 Å². The molecule has 0 radical (unpaired) electrons. The zero-order valence-corrected chi connectivity index (χ0v) is 11.2. The maximum atomic E-state index is 11.8. The molecule has 0 aliphatic rings. The largest absolute Gasteiger partial charge is 0.506 e. The molecule has 0 aromatic carbocycles. The maximum Gasteiger partial charge on any atom is 0.418 e. The second kappa shape index (κ2) is 6.78. The Bertz CT molecular complexity index is 603. The van der Waals surface area contributed by atoms with E-state index in [-0.39, 0.29) is 5.75 Å². The van der Waals surface area contributed by atoms with E-state index in [0.29, 0.717) is 23.8 Å². The van der Waals surface area contributed by atoms with E-state index >= 15 is 0 Å². The predicted octanol–water partition coefficient (Wildman–Crippen LogP) is 2.91.